The lowest BCUT2D eigenvalue weighted by Gasteiger charge is -2.38. The minimum atomic E-state index is -0.0711. The summed E-state index contributed by atoms with van der Waals surface area (Å²) in [6.45, 7) is 0.417. The number of carbonyl (C=O) groups excluding carboxylic acids is 1. The summed E-state index contributed by atoms with van der Waals surface area (Å²) in [5, 5.41) is 3.27. The molecule has 0 unspecified atom stereocenters. The number of nitrogens with two attached hydrogens (primary N) is 1. The van der Waals surface area contributed by atoms with Crippen molar-refractivity contribution < 1.29 is 4.79 Å². The molecule has 1 aromatic carbocycles. The molecule has 1 fully saturated rings. The molecular formula is C16H24BrClN2O. The molecule has 1 aliphatic rings. The second kappa shape index (κ2) is 8.76. The molecule has 1 saturated carbocycles. The quantitative estimate of drug-likeness (QED) is 0.826. The molecule has 1 aromatic rings. The number of halogens is 2. The summed E-state index contributed by atoms with van der Waals surface area (Å²) in [5.41, 5.74) is 6.69. The zero-order valence-electron chi connectivity index (χ0n) is 12.2. The van der Waals surface area contributed by atoms with Crippen molar-refractivity contribution in [3.05, 3.63) is 34.3 Å². The molecule has 0 spiro atoms. The highest BCUT2D eigenvalue weighted by molar-refractivity contribution is 9.10. The van der Waals surface area contributed by atoms with Gasteiger partial charge in [-0.1, -0.05) is 47.3 Å². The Bertz CT molecular complexity index is 444. The van der Waals surface area contributed by atoms with Crippen molar-refractivity contribution in [1.82, 2.24) is 5.32 Å². The van der Waals surface area contributed by atoms with Crippen LogP contribution in [0.15, 0.2) is 28.7 Å². The standard InChI is InChI=1S/C16H23BrN2O.ClH/c17-14-6-4-13(5-7-14)12-16(9-2-1-3-10-16)19-15(20)8-11-18;/h4-7H,1-3,8-12,18H2,(H,19,20);1H. The SMILES string of the molecule is Cl.NCCC(=O)NC1(Cc2ccc(Br)cc2)CCCCC1. The van der Waals surface area contributed by atoms with Crippen molar-refractivity contribution in [1.29, 1.82) is 0 Å². The first-order valence-corrected chi connectivity index (χ1v) is 8.18. The fourth-order valence-electron chi connectivity index (χ4n) is 3.06. The van der Waals surface area contributed by atoms with Crippen LogP contribution in [0.5, 0.6) is 0 Å². The van der Waals surface area contributed by atoms with Gasteiger partial charge >= 0.3 is 0 Å². The molecule has 118 valence electrons. The predicted octanol–water partition coefficient (Wildman–Crippen LogP) is 3.58. The minimum absolute atomic E-state index is 0. The van der Waals surface area contributed by atoms with Crippen molar-refractivity contribution >= 4 is 34.2 Å². The second-order valence-corrected chi connectivity index (χ2v) is 6.65. The van der Waals surface area contributed by atoms with Crippen LogP contribution in [0.4, 0.5) is 0 Å². The highest BCUT2D eigenvalue weighted by Crippen LogP contribution is 2.31. The topological polar surface area (TPSA) is 55.1 Å². The maximum Gasteiger partial charge on any atom is 0.221 e. The molecule has 2 rings (SSSR count). The Hall–Kier alpha value is -0.580. The van der Waals surface area contributed by atoms with Gasteiger partial charge in [-0.15, -0.1) is 12.4 Å². The second-order valence-electron chi connectivity index (χ2n) is 5.73. The van der Waals surface area contributed by atoms with Crippen molar-refractivity contribution in [3.8, 4) is 0 Å². The maximum atomic E-state index is 12.0. The monoisotopic (exact) mass is 374 g/mol. The van der Waals surface area contributed by atoms with E-state index >= 15 is 0 Å². The van der Waals surface area contributed by atoms with Gasteiger partial charge in [0.2, 0.25) is 5.91 Å². The smallest absolute Gasteiger partial charge is 0.221 e. The molecule has 1 aliphatic carbocycles. The van der Waals surface area contributed by atoms with Gasteiger partial charge in [0.1, 0.15) is 0 Å². The molecule has 5 heteroatoms. The van der Waals surface area contributed by atoms with Gasteiger partial charge in [0.15, 0.2) is 0 Å². The molecule has 0 bridgehead atoms. The van der Waals surface area contributed by atoms with E-state index in [1.54, 1.807) is 0 Å². The van der Waals surface area contributed by atoms with Gasteiger partial charge in [-0.2, -0.15) is 0 Å². The number of amides is 1. The summed E-state index contributed by atoms with van der Waals surface area (Å²) in [4.78, 5) is 12.0. The van der Waals surface area contributed by atoms with E-state index < -0.39 is 0 Å². The first-order chi connectivity index (χ1) is 9.63. The van der Waals surface area contributed by atoms with E-state index in [1.807, 2.05) is 0 Å². The average Bonchev–Trinajstić information content (AvgIpc) is 2.42. The van der Waals surface area contributed by atoms with E-state index in [4.69, 9.17) is 5.73 Å². The molecular weight excluding hydrogens is 352 g/mol. The Balaban J connectivity index is 0.00000220. The minimum Gasteiger partial charge on any atom is -0.350 e. The number of benzene rings is 1. The first-order valence-electron chi connectivity index (χ1n) is 7.39. The molecule has 3 N–H and O–H groups in total. The number of hydrogen-bond donors (Lipinski definition) is 2. The Morgan fingerprint density at radius 3 is 2.38 bits per heavy atom. The lowest BCUT2D eigenvalue weighted by atomic mass is 9.77. The van der Waals surface area contributed by atoms with Crippen molar-refractivity contribution in [3.63, 3.8) is 0 Å². The normalized spacial score (nSPS) is 16.9. The van der Waals surface area contributed by atoms with Crippen LogP contribution in [0.3, 0.4) is 0 Å². The summed E-state index contributed by atoms with van der Waals surface area (Å²) in [7, 11) is 0. The van der Waals surface area contributed by atoms with E-state index in [1.165, 1.54) is 24.8 Å². The number of carbonyl (C=O) groups is 1. The van der Waals surface area contributed by atoms with Crippen LogP contribution in [0.25, 0.3) is 0 Å². The molecule has 0 radical (unpaired) electrons. The van der Waals surface area contributed by atoms with E-state index in [0.717, 1.165) is 23.7 Å². The lowest BCUT2D eigenvalue weighted by molar-refractivity contribution is -0.123. The van der Waals surface area contributed by atoms with E-state index in [-0.39, 0.29) is 23.9 Å². The highest BCUT2D eigenvalue weighted by Gasteiger charge is 2.33. The van der Waals surface area contributed by atoms with Crippen LogP contribution < -0.4 is 11.1 Å². The van der Waals surface area contributed by atoms with Gasteiger partial charge in [0, 0.05) is 23.0 Å². The van der Waals surface area contributed by atoms with Crippen LogP contribution in [0.1, 0.15) is 44.1 Å². The third-order valence-electron chi connectivity index (χ3n) is 4.04. The molecule has 3 nitrogen and oxygen atoms in total. The molecule has 0 aliphatic heterocycles. The lowest BCUT2D eigenvalue weighted by Crippen LogP contribution is -2.51. The van der Waals surface area contributed by atoms with Gasteiger partial charge in [-0.3, -0.25) is 4.79 Å². The molecule has 21 heavy (non-hydrogen) atoms. The van der Waals surface area contributed by atoms with Crippen LogP contribution in [0.2, 0.25) is 0 Å². The fraction of sp³-hybridized carbons (Fsp3) is 0.562. The number of hydrogen-bond acceptors (Lipinski definition) is 2. The van der Waals surface area contributed by atoms with Crippen LogP contribution in [-0.2, 0) is 11.2 Å². The Morgan fingerprint density at radius 1 is 1.19 bits per heavy atom. The third kappa shape index (κ3) is 5.61. The fourth-order valence-corrected chi connectivity index (χ4v) is 3.32. The Labute approximate surface area is 141 Å². The van der Waals surface area contributed by atoms with E-state index in [0.29, 0.717) is 13.0 Å². The van der Waals surface area contributed by atoms with Crippen LogP contribution >= 0.6 is 28.3 Å². The Morgan fingerprint density at radius 2 is 1.81 bits per heavy atom. The van der Waals surface area contributed by atoms with E-state index in [9.17, 15) is 4.79 Å². The highest BCUT2D eigenvalue weighted by atomic mass is 79.9. The van der Waals surface area contributed by atoms with E-state index in [2.05, 4.69) is 45.5 Å². The summed E-state index contributed by atoms with van der Waals surface area (Å²) in [5.74, 6) is 0.0894. The predicted molar refractivity (Wildman–Crippen MR) is 92.7 cm³/mol. The molecule has 0 saturated heterocycles. The van der Waals surface area contributed by atoms with Gasteiger partial charge in [0.25, 0.3) is 0 Å². The van der Waals surface area contributed by atoms with Gasteiger partial charge in [-0.05, 0) is 37.0 Å². The Kier molecular flexibility index (Phi) is 7.71. The molecule has 0 aromatic heterocycles. The largest absolute Gasteiger partial charge is 0.350 e. The third-order valence-corrected chi connectivity index (χ3v) is 4.57. The summed E-state index contributed by atoms with van der Waals surface area (Å²) in [6.07, 6.45) is 7.13. The first kappa shape index (κ1) is 18.5. The molecule has 0 atom stereocenters. The maximum absolute atomic E-state index is 12.0. The van der Waals surface area contributed by atoms with Gasteiger partial charge in [-0.25, -0.2) is 0 Å². The molecule has 0 heterocycles. The average molecular weight is 376 g/mol. The summed E-state index contributed by atoms with van der Waals surface area (Å²) >= 11 is 3.46. The number of nitrogens with one attached hydrogen (secondary N) is 1. The number of rotatable bonds is 5. The molecule has 1 amide bonds. The zero-order chi connectivity index (χ0) is 14.4. The van der Waals surface area contributed by atoms with Gasteiger partial charge < -0.3 is 11.1 Å². The van der Waals surface area contributed by atoms with Gasteiger partial charge in [0.05, 0.1) is 0 Å². The zero-order valence-corrected chi connectivity index (χ0v) is 14.6. The van der Waals surface area contributed by atoms with Crippen LogP contribution in [0, 0.1) is 0 Å². The summed E-state index contributed by atoms with van der Waals surface area (Å²) < 4.78 is 1.09. The van der Waals surface area contributed by atoms with Crippen LogP contribution in [-0.4, -0.2) is 18.0 Å². The van der Waals surface area contributed by atoms with Crippen molar-refractivity contribution in [2.45, 2.75) is 50.5 Å². The van der Waals surface area contributed by atoms with Crippen molar-refractivity contribution in [2.75, 3.05) is 6.54 Å². The summed E-state index contributed by atoms with van der Waals surface area (Å²) in [6, 6.07) is 8.40. The van der Waals surface area contributed by atoms with Crippen molar-refractivity contribution in [2.24, 2.45) is 5.73 Å².